The fourth-order valence-corrected chi connectivity index (χ4v) is 4.84. The lowest BCUT2D eigenvalue weighted by Gasteiger charge is -2.44. The third-order valence-electron chi connectivity index (χ3n) is 5.97. The molecule has 2 aromatic heterocycles. The number of nitrogens with zero attached hydrogens (tertiary/aromatic N) is 3. The third-order valence-corrected chi connectivity index (χ3v) is 5.97. The molecular formula is C23H16N4. The van der Waals surface area contributed by atoms with Gasteiger partial charge in [-0.25, -0.2) is 4.98 Å². The highest BCUT2D eigenvalue weighted by Gasteiger charge is 2.57. The van der Waals surface area contributed by atoms with Crippen molar-refractivity contribution in [1.29, 1.82) is 5.26 Å². The number of aromatic nitrogens is 2. The summed E-state index contributed by atoms with van der Waals surface area (Å²) in [6.45, 7) is 0. The van der Waals surface area contributed by atoms with Crippen LogP contribution in [0.4, 0.5) is 5.82 Å². The van der Waals surface area contributed by atoms with Crippen molar-refractivity contribution >= 4 is 11.5 Å². The first-order valence-electron chi connectivity index (χ1n) is 9.14. The summed E-state index contributed by atoms with van der Waals surface area (Å²) in [6, 6.07) is 25.0. The minimum absolute atomic E-state index is 0.138. The molecule has 1 N–H and O–H groups in total. The molecule has 0 fully saturated rings. The first-order chi connectivity index (χ1) is 13.3. The van der Waals surface area contributed by atoms with E-state index in [1.165, 1.54) is 16.7 Å². The van der Waals surface area contributed by atoms with Crippen molar-refractivity contribution in [3.63, 3.8) is 0 Å². The van der Waals surface area contributed by atoms with Crippen LogP contribution >= 0.6 is 0 Å². The summed E-state index contributed by atoms with van der Waals surface area (Å²) in [4.78, 5) is 4.97. The molecular weight excluding hydrogens is 332 g/mol. The molecule has 1 spiro atoms. The molecule has 0 saturated heterocycles. The van der Waals surface area contributed by atoms with Crippen molar-refractivity contribution in [2.75, 3.05) is 5.32 Å². The topological polar surface area (TPSA) is 53.1 Å². The van der Waals surface area contributed by atoms with Gasteiger partial charge < -0.3 is 5.32 Å². The summed E-state index contributed by atoms with van der Waals surface area (Å²) in [6.07, 6.45) is 2.93. The molecule has 4 aromatic rings. The number of hydrogen-bond acceptors (Lipinski definition) is 3. The Hall–Kier alpha value is -3.58. The van der Waals surface area contributed by atoms with Gasteiger partial charge in [0, 0.05) is 18.5 Å². The quantitative estimate of drug-likeness (QED) is 0.560. The Balaban J connectivity index is 1.60. The van der Waals surface area contributed by atoms with Crippen LogP contribution in [0.25, 0.3) is 5.65 Å². The van der Waals surface area contributed by atoms with Crippen molar-refractivity contribution < 1.29 is 0 Å². The number of pyridine rings is 1. The van der Waals surface area contributed by atoms with Gasteiger partial charge in [-0.3, -0.25) is 4.40 Å². The number of nitrogens with one attached hydrogen (secondary N) is 1. The maximum absolute atomic E-state index is 9.40. The van der Waals surface area contributed by atoms with Gasteiger partial charge in [0.1, 0.15) is 17.2 Å². The standard InChI is InChI=1S/C23H16N4/c24-14-15-9-10-17-13-23(20(18(17)12-15)16-6-2-1-3-7-16)21-22(26-23)27-11-5-4-8-19(27)25-21/h1-12,20,26H,13H2/t20-,23-/m0/s1. The Labute approximate surface area is 156 Å². The maximum Gasteiger partial charge on any atom is 0.138 e. The van der Waals surface area contributed by atoms with Gasteiger partial charge in [0.25, 0.3) is 0 Å². The molecule has 2 aromatic carbocycles. The molecule has 1 aliphatic heterocycles. The minimum Gasteiger partial charge on any atom is -0.357 e. The Kier molecular flexibility index (Phi) is 2.69. The predicted octanol–water partition coefficient (Wildman–Crippen LogP) is 4.21. The Morgan fingerprint density at radius 2 is 1.93 bits per heavy atom. The number of anilines is 1. The fraction of sp³-hybridized carbons (Fsp3) is 0.130. The summed E-state index contributed by atoms with van der Waals surface area (Å²) >= 11 is 0. The number of fused-ring (bicyclic) bond motifs is 5. The highest BCUT2D eigenvalue weighted by atomic mass is 15.3. The van der Waals surface area contributed by atoms with E-state index in [4.69, 9.17) is 4.98 Å². The van der Waals surface area contributed by atoms with Crippen LogP contribution in [0.15, 0.2) is 72.9 Å². The summed E-state index contributed by atoms with van der Waals surface area (Å²) < 4.78 is 2.12. The number of benzene rings is 2. The second-order valence-electron chi connectivity index (χ2n) is 7.38. The second kappa shape index (κ2) is 4.99. The SMILES string of the molecule is N#Cc1ccc2c(c1)[C@H](c1ccccc1)[C@]1(C2)Nc2c1nc1ccccn21. The van der Waals surface area contributed by atoms with Crippen LogP contribution in [0.3, 0.4) is 0 Å². The van der Waals surface area contributed by atoms with Crippen molar-refractivity contribution in [2.45, 2.75) is 17.9 Å². The highest BCUT2D eigenvalue weighted by Crippen LogP contribution is 2.58. The van der Waals surface area contributed by atoms with E-state index in [2.05, 4.69) is 58.4 Å². The van der Waals surface area contributed by atoms with E-state index in [9.17, 15) is 5.26 Å². The van der Waals surface area contributed by atoms with Gasteiger partial charge in [-0.05, 0) is 41.0 Å². The van der Waals surface area contributed by atoms with Gasteiger partial charge in [-0.1, -0.05) is 42.5 Å². The van der Waals surface area contributed by atoms with E-state index in [-0.39, 0.29) is 11.5 Å². The molecule has 4 nitrogen and oxygen atoms in total. The smallest absolute Gasteiger partial charge is 0.138 e. The number of nitriles is 1. The highest BCUT2D eigenvalue weighted by molar-refractivity contribution is 5.72. The molecule has 0 bridgehead atoms. The molecule has 0 amide bonds. The first-order valence-corrected chi connectivity index (χ1v) is 9.14. The van der Waals surface area contributed by atoms with Gasteiger partial charge in [0.05, 0.1) is 17.2 Å². The molecule has 4 heteroatoms. The number of hydrogen-bond donors (Lipinski definition) is 1. The van der Waals surface area contributed by atoms with Gasteiger partial charge in [-0.15, -0.1) is 0 Å². The lowest BCUT2D eigenvalue weighted by Crippen LogP contribution is -2.48. The summed E-state index contributed by atoms with van der Waals surface area (Å²) in [5.74, 6) is 1.22. The van der Waals surface area contributed by atoms with Crippen molar-refractivity contribution in [1.82, 2.24) is 9.38 Å². The molecule has 128 valence electrons. The van der Waals surface area contributed by atoms with Crippen LogP contribution < -0.4 is 5.32 Å². The zero-order valence-electron chi connectivity index (χ0n) is 14.6. The Bertz CT molecular complexity index is 1250. The average molecular weight is 348 g/mol. The molecule has 0 saturated carbocycles. The minimum atomic E-state index is -0.251. The molecule has 0 radical (unpaired) electrons. The molecule has 27 heavy (non-hydrogen) atoms. The summed E-state index contributed by atoms with van der Waals surface area (Å²) in [5, 5.41) is 13.2. The molecule has 2 atom stereocenters. The maximum atomic E-state index is 9.40. The van der Waals surface area contributed by atoms with Crippen LogP contribution in [0.1, 0.15) is 33.9 Å². The third kappa shape index (κ3) is 1.78. The van der Waals surface area contributed by atoms with Gasteiger partial charge in [0.2, 0.25) is 0 Å². The summed E-state index contributed by atoms with van der Waals surface area (Å²) in [7, 11) is 0. The van der Waals surface area contributed by atoms with E-state index in [0.29, 0.717) is 5.56 Å². The van der Waals surface area contributed by atoms with Crippen molar-refractivity contribution in [2.24, 2.45) is 0 Å². The van der Waals surface area contributed by atoms with Crippen molar-refractivity contribution in [3.05, 3.63) is 101 Å². The normalized spacial score (nSPS) is 22.0. The van der Waals surface area contributed by atoms with Gasteiger partial charge in [0.15, 0.2) is 0 Å². The van der Waals surface area contributed by atoms with Crippen LogP contribution in [0.5, 0.6) is 0 Å². The van der Waals surface area contributed by atoms with Gasteiger partial charge >= 0.3 is 0 Å². The van der Waals surface area contributed by atoms with Crippen LogP contribution in [0.2, 0.25) is 0 Å². The van der Waals surface area contributed by atoms with E-state index in [0.717, 1.165) is 23.6 Å². The molecule has 6 rings (SSSR count). The first kappa shape index (κ1) is 14.6. The monoisotopic (exact) mass is 348 g/mol. The summed E-state index contributed by atoms with van der Waals surface area (Å²) in [5.41, 5.74) is 6.32. The second-order valence-corrected chi connectivity index (χ2v) is 7.38. The zero-order valence-corrected chi connectivity index (χ0v) is 14.6. The molecule has 0 unspecified atom stereocenters. The zero-order chi connectivity index (χ0) is 18.0. The number of rotatable bonds is 1. The molecule has 2 aliphatic rings. The van der Waals surface area contributed by atoms with Crippen LogP contribution in [-0.4, -0.2) is 9.38 Å². The van der Waals surface area contributed by atoms with Crippen LogP contribution in [0, 0.1) is 11.3 Å². The van der Waals surface area contributed by atoms with E-state index >= 15 is 0 Å². The average Bonchev–Trinajstić information content (AvgIpc) is 3.22. The lowest BCUT2D eigenvalue weighted by molar-refractivity contribution is 0.418. The lowest BCUT2D eigenvalue weighted by atomic mass is 9.73. The van der Waals surface area contributed by atoms with E-state index in [1.807, 2.05) is 30.3 Å². The Morgan fingerprint density at radius 1 is 1.07 bits per heavy atom. The Morgan fingerprint density at radius 3 is 2.78 bits per heavy atom. The largest absolute Gasteiger partial charge is 0.357 e. The predicted molar refractivity (Wildman–Crippen MR) is 104 cm³/mol. The van der Waals surface area contributed by atoms with Gasteiger partial charge in [-0.2, -0.15) is 5.26 Å². The molecule has 3 heterocycles. The molecule has 1 aliphatic carbocycles. The van der Waals surface area contributed by atoms with E-state index < -0.39 is 0 Å². The van der Waals surface area contributed by atoms with E-state index in [1.54, 1.807) is 0 Å². The fourth-order valence-electron chi connectivity index (χ4n) is 4.84. The van der Waals surface area contributed by atoms with Crippen molar-refractivity contribution in [3.8, 4) is 6.07 Å². The number of imidazole rings is 1. The van der Waals surface area contributed by atoms with Crippen LogP contribution in [-0.2, 0) is 12.0 Å².